The minimum atomic E-state index is 0.269. The lowest BCUT2D eigenvalue weighted by Gasteiger charge is -2.33. The summed E-state index contributed by atoms with van der Waals surface area (Å²) in [5, 5.41) is 6.03. The quantitative estimate of drug-likeness (QED) is 0.788. The summed E-state index contributed by atoms with van der Waals surface area (Å²) in [6.45, 7) is 8.01. The zero-order chi connectivity index (χ0) is 10.2. The van der Waals surface area contributed by atoms with Crippen LogP contribution in [0.5, 0.6) is 0 Å². The topological polar surface area (TPSA) is 12.0 Å². The van der Waals surface area contributed by atoms with Crippen molar-refractivity contribution in [2.75, 3.05) is 6.54 Å². The highest BCUT2D eigenvalue weighted by Gasteiger charge is 2.38. The molecule has 2 heteroatoms. The summed E-state index contributed by atoms with van der Waals surface area (Å²) in [4.78, 5) is 1.42. The van der Waals surface area contributed by atoms with Crippen LogP contribution in [0.4, 0.5) is 0 Å². The maximum Gasteiger partial charge on any atom is 0.0466 e. The third-order valence-electron chi connectivity index (χ3n) is 3.42. The maximum absolute atomic E-state index is 3.71. The predicted octanol–water partition coefficient (Wildman–Crippen LogP) is 3.29. The molecule has 1 aromatic rings. The Morgan fingerprint density at radius 1 is 1.50 bits per heavy atom. The van der Waals surface area contributed by atoms with Crippen molar-refractivity contribution < 1.29 is 0 Å². The standard InChI is InChI=1S/C12H19NS/c1-9(2)12(5-4-6-13-12)11-7-10(3)14-8-11/h7-9,13H,4-6H2,1-3H3. The Morgan fingerprint density at radius 2 is 2.29 bits per heavy atom. The Morgan fingerprint density at radius 3 is 2.71 bits per heavy atom. The molecule has 0 radical (unpaired) electrons. The van der Waals surface area contributed by atoms with Crippen LogP contribution >= 0.6 is 11.3 Å². The molecule has 0 aliphatic carbocycles. The van der Waals surface area contributed by atoms with Crippen LogP contribution in [0.3, 0.4) is 0 Å². The van der Waals surface area contributed by atoms with Crippen molar-refractivity contribution >= 4 is 11.3 Å². The van der Waals surface area contributed by atoms with Gasteiger partial charge in [0, 0.05) is 10.4 Å². The summed E-state index contributed by atoms with van der Waals surface area (Å²) in [6.07, 6.45) is 2.61. The van der Waals surface area contributed by atoms with Crippen molar-refractivity contribution in [1.29, 1.82) is 0 Å². The Hall–Kier alpha value is -0.340. The molecule has 2 rings (SSSR count). The molecule has 1 aliphatic heterocycles. The highest BCUT2D eigenvalue weighted by molar-refractivity contribution is 7.10. The normalized spacial score (nSPS) is 27.4. The predicted molar refractivity (Wildman–Crippen MR) is 62.8 cm³/mol. The molecule has 1 fully saturated rings. The molecule has 0 bridgehead atoms. The van der Waals surface area contributed by atoms with Crippen LogP contribution < -0.4 is 5.32 Å². The van der Waals surface area contributed by atoms with Gasteiger partial charge in [0.25, 0.3) is 0 Å². The van der Waals surface area contributed by atoms with Crippen molar-refractivity contribution in [2.45, 2.75) is 39.2 Å². The van der Waals surface area contributed by atoms with Crippen LogP contribution in [0.1, 0.15) is 37.1 Å². The average Bonchev–Trinajstić information content (AvgIpc) is 2.71. The number of hydrogen-bond donors (Lipinski definition) is 1. The molecule has 1 aromatic heterocycles. The first-order valence-electron chi connectivity index (χ1n) is 5.46. The van der Waals surface area contributed by atoms with Crippen LogP contribution in [-0.4, -0.2) is 6.54 Å². The number of hydrogen-bond acceptors (Lipinski definition) is 2. The van der Waals surface area contributed by atoms with Gasteiger partial charge in [0.2, 0.25) is 0 Å². The van der Waals surface area contributed by atoms with Gasteiger partial charge in [-0.15, -0.1) is 11.3 Å². The monoisotopic (exact) mass is 209 g/mol. The van der Waals surface area contributed by atoms with Gasteiger partial charge in [0.15, 0.2) is 0 Å². The van der Waals surface area contributed by atoms with Crippen molar-refractivity contribution in [3.63, 3.8) is 0 Å². The number of nitrogens with one attached hydrogen (secondary N) is 1. The van der Waals surface area contributed by atoms with Gasteiger partial charge in [-0.1, -0.05) is 13.8 Å². The lowest BCUT2D eigenvalue weighted by atomic mass is 9.80. The van der Waals surface area contributed by atoms with Gasteiger partial charge in [-0.25, -0.2) is 0 Å². The van der Waals surface area contributed by atoms with Crippen LogP contribution in [0.15, 0.2) is 11.4 Å². The first-order valence-corrected chi connectivity index (χ1v) is 6.34. The van der Waals surface area contributed by atoms with Crippen LogP contribution in [0.25, 0.3) is 0 Å². The van der Waals surface area contributed by atoms with Crippen LogP contribution in [-0.2, 0) is 5.54 Å². The van der Waals surface area contributed by atoms with E-state index in [2.05, 4.69) is 37.5 Å². The third kappa shape index (κ3) is 1.51. The van der Waals surface area contributed by atoms with E-state index in [-0.39, 0.29) is 5.54 Å². The molecule has 0 amide bonds. The van der Waals surface area contributed by atoms with Crippen LogP contribution in [0.2, 0.25) is 0 Å². The van der Waals surface area contributed by atoms with Crippen molar-refractivity contribution in [2.24, 2.45) is 5.92 Å². The van der Waals surface area contributed by atoms with Gasteiger partial charge in [0.1, 0.15) is 0 Å². The summed E-state index contributed by atoms with van der Waals surface area (Å²) in [5.41, 5.74) is 1.78. The molecule has 2 heterocycles. The number of rotatable bonds is 2. The van der Waals surface area contributed by atoms with E-state index in [1.165, 1.54) is 29.8 Å². The third-order valence-corrected chi connectivity index (χ3v) is 4.28. The molecule has 1 unspecified atom stereocenters. The SMILES string of the molecule is Cc1cc(C2(C(C)C)CCCN2)cs1. The van der Waals surface area contributed by atoms with Crippen LogP contribution in [0, 0.1) is 12.8 Å². The Labute approximate surface area is 90.5 Å². The summed E-state index contributed by atoms with van der Waals surface area (Å²) in [6, 6.07) is 2.35. The molecule has 0 spiro atoms. The van der Waals surface area contributed by atoms with E-state index in [1.807, 2.05) is 11.3 Å². The number of aryl methyl sites for hydroxylation is 1. The van der Waals surface area contributed by atoms with Gasteiger partial charge >= 0.3 is 0 Å². The Balaban J connectivity index is 2.36. The fraction of sp³-hybridized carbons (Fsp3) is 0.667. The molecule has 78 valence electrons. The van der Waals surface area contributed by atoms with E-state index in [4.69, 9.17) is 0 Å². The highest BCUT2D eigenvalue weighted by atomic mass is 32.1. The lowest BCUT2D eigenvalue weighted by molar-refractivity contribution is 0.278. The molecule has 0 aromatic carbocycles. The van der Waals surface area contributed by atoms with E-state index in [9.17, 15) is 0 Å². The van der Waals surface area contributed by atoms with Gasteiger partial charge < -0.3 is 5.32 Å². The second kappa shape index (κ2) is 3.67. The van der Waals surface area contributed by atoms with E-state index in [1.54, 1.807) is 0 Å². The minimum absolute atomic E-state index is 0.269. The Bertz CT molecular complexity index is 308. The molecular weight excluding hydrogens is 190 g/mol. The molecule has 14 heavy (non-hydrogen) atoms. The second-order valence-electron chi connectivity index (χ2n) is 4.60. The fourth-order valence-corrected chi connectivity index (χ4v) is 3.30. The van der Waals surface area contributed by atoms with E-state index in [0.29, 0.717) is 5.92 Å². The zero-order valence-corrected chi connectivity index (χ0v) is 10.1. The summed E-state index contributed by atoms with van der Waals surface area (Å²) < 4.78 is 0. The summed E-state index contributed by atoms with van der Waals surface area (Å²) in [7, 11) is 0. The van der Waals surface area contributed by atoms with Gasteiger partial charge in [-0.05, 0) is 49.2 Å². The number of thiophene rings is 1. The van der Waals surface area contributed by atoms with Crippen molar-refractivity contribution in [3.05, 3.63) is 21.9 Å². The molecular formula is C12H19NS. The Kier molecular flexibility index (Phi) is 2.67. The molecule has 1 aliphatic rings. The first kappa shape index (κ1) is 10.2. The largest absolute Gasteiger partial charge is 0.307 e. The van der Waals surface area contributed by atoms with E-state index < -0.39 is 0 Å². The molecule has 1 N–H and O–H groups in total. The molecule has 1 atom stereocenters. The molecule has 1 saturated heterocycles. The van der Waals surface area contributed by atoms with Crippen molar-refractivity contribution in [3.8, 4) is 0 Å². The molecule has 1 nitrogen and oxygen atoms in total. The lowest BCUT2D eigenvalue weighted by Crippen LogP contribution is -2.41. The maximum atomic E-state index is 3.71. The smallest absolute Gasteiger partial charge is 0.0466 e. The average molecular weight is 209 g/mol. The first-order chi connectivity index (χ1) is 6.65. The summed E-state index contributed by atoms with van der Waals surface area (Å²) >= 11 is 1.87. The highest BCUT2D eigenvalue weighted by Crippen LogP contribution is 2.39. The van der Waals surface area contributed by atoms with Gasteiger partial charge in [-0.3, -0.25) is 0 Å². The fourth-order valence-electron chi connectivity index (χ4n) is 2.52. The summed E-state index contributed by atoms with van der Waals surface area (Å²) in [5.74, 6) is 0.680. The van der Waals surface area contributed by atoms with Gasteiger partial charge in [0.05, 0.1) is 0 Å². The van der Waals surface area contributed by atoms with E-state index >= 15 is 0 Å². The second-order valence-corrected chi connectivity index (χ2v) is 5.72. The van der Waals surface area contributed by atoms with E-state index in [0.717, 1.165) is 0 Å². The van der Waals surface area contributed by atoms with Gasteiger partial charge in [-0.2, -0.15) is 0 Å². The molecule has 0 saturated carbocycles. The zero-order valence-electron chi connectivity index (χ0n) is 9.26. The minimum Gasteiger partial charge on any atom is -0.307 e. The van der Waals surface area contributed by atoms with Crippen molar-refractivity contribution in [1.82, 2.24) is 5.32 Å².